The molecule has 6 nitrogen and oxygen atoms in total. The molecule has 0 saturated carbocycles. The molecule has 1 fully saturated rings. The van der Waals surface area contributed by atoms with Crippen molar-refractivity contribution in [1.82, 2.24) is 15.1 Å². The van der Waals surface area contributed by atoms with E-state index in [0.29, 0.717) is 11.9 Å². The Kier molecular flexibility index (Phi) is 4.09. The SMILES string of the molecule is CCN1CCCC(Nc2ccc(C(=O)O)nn2)C1. The van der Waals surface area contributed by atoms with E-state index >= 15 is 0 Å². The van der Waals surface area contributed by atoms with Crippen LogP contribution >= 0.6 is 0 Å². The number of hydrogen-bond donors (Lipinski definition) is 2. The van der Waals surface area contributed by atoms with Crippen molar-refractivity contribution in [3.05, 3.63) is 17.8 Å². The zero-order valence-electron chi connectivity index (χ0n) is 10.5. The maximum absolute atomic E-state index is 10.7. The molecule has 18 heavy (non-hydrogen) atoms. The molecule has 0 radical (unpaired) electrons. The topological polar surface area (TPSA) is 78.4 Å². The second-order valence-electron chi connectivity index (χ2n) is 4.49. The molecule has 1 saturated heterocycles. The van der Waals surface area contributed by atoms with E-state index in [4.69, 9.17) is 5.11 Å². The Balaban J connectivity index is 1.94. The van der Waals surface area contributed by atoms with Gasteiger partial charge < -0.3 is 15.3 Å². The Morgan fingerprint density at radius 2 is 2.39 bits per heavy atom. The first-order valence-corrected chi connectivity index (χ1v) is 6.25. The van der Waals surface area contributed by atoms with Crippen LogP contribution in [0.2, 0.25) is 0 Å². The van der Waals surface area contributed by atoms with Crippen molar-refractivity contribution in [1.29, 1.82) is 0 Å². The summed E-state index contributed by atoms with van der Waals surface area (Å²) in [5.74, 6) is -0.410. The lowest BCUT2D eigenvalue weighted by atomic mass is 10.1. The molecule has 1 aromatic heterocycles. The van der Waals surface area contributed by atoms with E-state index in [1.54, 1.807) is 6.07 Å². The van der Waals surface area contributed by atoms with Gasteiger partial charge in [-0.15, -0.1) is 10.2 Å². The van der Waals surface area contributed by atoms with Crippen LogP contribution in [0.25, 0.3) is 0 Å². The van der Waals surface area contributed by atoms with Crippen molar-refractivity contribution in [2.45, 2.75) is 25.8 Å². The number of aromatic carboxylic acids is 1. The third-order valence-electron chi connectivity index (χ3n) is 3.19. The summed E-state index contributed by atoms with van der Waals surface area (Å²) in [6.07, 6.45) is 2.28. The smallest absolute Gasteiger partial charge is 0.356 e. The quantitative estimate of drug-likeness (QED) is 0.832. The summed E-state index contributed by atoms with van der Waals surface area (Å²) >= 11 is 0. The molecule has 1 aliphatic rings. The zero-order valence-corrected chi connectivity index (χ0v) is 10.5. The summed E-state index contributed by atoms with van der Waals surface area (Å²) in [4.78, 5) is 13.0. The minimum absolute atomic E-state index is 0.0284. The van der Waals surface area contributed by atoms with Gasteiger partial charge in [0.25, 0.3) is 0 Å². The molecule has 1 aromatic rings. The van der Waals surface area contributed by atoms with Gasteiger partial charge in [0, 0.05) is 12.6 Å². The van der Waals surface area contributed by atoms with Crippen LogP contribution < -0.4 is 5.32 Å². The van der Waals surface area contributed by atoms with Crippen LogP contribution in [0, 0.1) is 0 Å². The molecule has 0 aliphatic carbocycles. The summed E-state index contributed by atoms with van der Waals surface area (Å²) in [7, 11) is 0. The first-order chi connectivity index (χ1) is 8.69. The fourth-order valence-electron chi connectivity index (χ4n) is 2.19. The Hall–Kier alpha value is -1.69. The van der Waals surface area contributed by atoms with Crippen molar-refractivity contribution < 1.29 is 9.90 Å². The Labute approximate surface area is 106 Å². The van der Waals surface area contributed by atoms with Gasteiger partial charge in [0.15, 0.2) is 5.69 Å². The lowest BCUT2D eigenvalue weighted by Crippen LogP contribution is -2.42. The van der Waals surface area contributed by atoms with Crippen molar-refractivity contribution >= 4 is 11.8 Å². The molecule has 1 aliphatic heterocycles. The predicted molar refractivity (Wildman–Crippen MR) is 67.8 cm³/mol. The fourth-order valence-corrected chi connectivity index (χ4v) is 2.19. The third-order valence-corrected chi connectivity index (χ3v) is 3.19. The standard InChI is InChI=1S/C12H18N4O2/c1-2-16-7-3-4-9(8-16)13-11-6-5-10(12(17)18)14-15-11/h5-6,9H,2-4,7-8H2,1H3,(H,13,15)(H,17,18). The van der Waals surface area contributed by atoms with E-state index in [1.807, 2.05) is 0 Å². The molecule has 2 N–H and O–H groups in total. The molecule has 2 rings (SSSR count). The lowest BCUT2D eigenvalue weighted by Gasteiger charge is -2.32. The zero-order chi connectivity index (χ0) is 13.0. The number of piperidine rings is 1. The van der Waals surface area contributed by atoms with Crippen molar-refractivity contribution in [2.24, 2.45) is 0 Å². The number of likely N-dealkylation sites (tertiary alicyclic amines) is 1. The van der Waals surface area contributed by atoms with E-state index in [0.717, 1.165) is 26.1 Å². The second-order valence-corrected chi connectivity index (χ2v) is 4.49. The number of hydrogen-bond acceptors (Lipinski definition) is 5. The average molecular weight is 250 g/mol. The molecule has 0 aromatic carbocycles. The molecule has 98 valence electrons. The number of likely N-dealkylation sites (N-methyl/N-ethyl adjacent to an activating group) is 1. The summed E-state index contributed by atoms with van der Waals surface area (Å²) < 4.78 is 0. The normalized spacial score (nSPS) is 20.6. The first-order valence-electron chi connectivity index (χ1n) is 6.25. The van der Waals surface area contributed by atoms with Crippen LogP contribution in [-0.4, -0.2) is 51.8 Å². The summed E-state index contributed by atoms with van der Waals surface area (Å²) in [5.41, 5.74) is -0.0284. The molecule has 0 amide bonds. The molecular weight excluding hydrogens is 232 g/mol. The molecule has 1 atom stereocenters. The number of anilines is 1. The number of rotatable bonds is 4. The van der Waals surface area contributed by atoms with E-state index in [1.165, 1.54) is 12.5 Å². The summed E-state index contributed by atoms with van der Waals surface area (Å²) in [6, 6.07) is 3.50. The van der Waals surface area contributed by atoms with Crippen LogP contribution in [0.1, 0.15) is 30.3 Å². The largest absolute Gasteiger partial charge is 0.476 e. The highest BCUT2D eigenvalue weighted by molar-refractivity contribution is 5.85. The number of aromatic nitrogens is 2. The van der Waals surface area contributed by atoms with Gasteiger partial charge in [0.1, 0.15) is 5.82 Å². The monoisotopic (exact) mass is 250 g/mol. The summed E-state index contributed by atoms with van der Waals surface area (Å²) in [6.45, 7) is 5.36. The van der Waals surface area contributed by atoms with Crippen molar-refractivity contribution in [3.63, 3.8) is 0 Å². The van der Waals surface area contributed by atoms with Gasteiger partial charge in [-0.1, -0.05) is 6.92 Å². The molecular formula is C12H18N4O2. The molecule has 1 unspecified atom stereocenters. The Morgan fingerprint density at radius 3 is 3.00 bits per heavy atom. The predicted octanol–water partition coefficient (Wildman–Crippen LogP) is 1.07. The van der Waals surface area contributed by atoms with Gasteiger partial charge in [-0.05, 0) is 38.1 Å². The number of nitrogens with one attached hydrogen (secondary N) is 1. The van der Waals surface area contributed by atoms with Gasteiger partial charge in [-0.3, -0.25) is 0 Å². The first kappa shape index (κ1) is 12.8. The van der Waals surface area contributed by atoms with E-state index in [2.05, 4.69) is 27.3 Å². The van der Waals surface area contributed by atoms with Crippen LogP contribution in [0.3, 0.4) is 0 Å². The van der Waals surface area contributed by atoms with Gasteiger partial charge in [-0.2, -0.15) is 0 Å². The van der Waals surface area contributed by atoms with Crippen LogP contribution in [0.4, 0.5) is 5.82 Å². The lowest BCUT2D eigenvalue weighted by molar-refractivity contribution is 0.0689. The second kappa shape index (κ2) is 5.77. The average Bonchev–Trinajstić information content (AvgIpc) is 2.39. The fraction of sp³-hybridized carbons (Fsp3) is 0.583. The van der Waals surface area contributed by atoms with E-state index < -0.39 is 5.97 Å². The molecule has 0 spiro atoms. The van der Waals surface area contributed by atoms with Crippen molar-refractivity contribution in [2.75, 3.05) is 25.0 Å². The maximum atomic E-state index is 10.7. The summed E-state index contributed by atoms with van der Waals surface area (Å²) in [5, 5.41) is 19.6. The molecule has 2 heterocycles. The van der Waals surface area contributed by atoms with Gasteiger partial charge in [0.05, 0.1) is 0 Å². The van der Waals surface area contributed by atoms with Gasteiger partial charge >= 0.3 is 5.97 Å². The number of carboxylic acid groups (broad SMARTS) is 1. The Morgan fingerprint density at radius 1 is 1.56 bits per heavy atom. The highest BCUT2D eigenvalue weighted by atomic mass is 16.4. The maximum Gasteiger partial charge on any atom is 0.356 e. The number of nitrogens with zero attached hydrogens (tertiary/aromatic N) is 3. The van der Waals surface area contributed by atoms with E-state index in [-0.39, 0.29) is 5.69 Å². The minimum atomic E-state index is -1.05. The minimum Gasteiger partial charge on any atom is -0.476 e. The molecule has 6 heteroatoms. The number of carboxylic acids is 1. The number of carbonyl (C=O) groups is 1. The Bertz CT molecular complexity index is 407. The highest BCUT2D eigenvalue weighted by Crippen LogP contribution is 2.14. The highest BCUT2D eigenvalue weighted by Gasteiger charge is 2.18. The van der Waals surface area contributed by atoms with Crippen LogP contribution in [-0.2, 0) is 0 Å². The van der Waals surface area contributed by atoms with Crippen LogP contribution in [0.15, 0.2) is 12.1 Å². The van der Waals surface area contributed by atoms with Crippen molar-refractivity contribution in [3.8, 4) is 0 Å². The van der Waals surface area contributed by atoms with Crippen LogP contribution in [0.5, 0.6) is 0 Å². The third kappa shape index (κ3) is 3.16. The molecule has 0 bridgehead atoms. The van der Waals surface area contributed by atoms with E-state index in [9.17, 15) is 4.79 Å². The van der Waals surface area contributed by atoms with Gasteiger partial charge in [-0.25, -0.2) is 4.79 Å². The van der Waals surface area contributed by atoms with Gasteiger partial charge in [0.2, 0.25) is 0 Å².